The van der Waals surface area contributed by atoms with E-state index < -0.39 is 24.8 Å². The lowest BCUT2D eigenvalue weighted by molar-refractivity contribution is 0.0781. The number of anilines is 3. The first-order chi connectivity index (χ1) is 16.6. The summed E-state index contributed by atoms with van der Waals surface area (Å²) < 4.78 is 46.7. The number of fused-ring (bicyclic) bond motifs is 1. The number of carbonyl (C=O) groups excluding carboxylic acids is 1. The molecule has 0 bridgehead atoms. The molecule has 0 spiro atoms. The molecule has 0 atom stereocenters. The van der Waals surface area contributed by atoms with Crippen LogP contribution < -0.4 is 15.4 Å². The van der Waals surface area contributed by atoms with E-state index in [-0.39, 0.29) is 44.3 Å². The van der Waals surface area contributed by atoms with Crippen molar-refractivity contribution in [1.29, 1.82) is 0 Å². The van der Waals surface area contributed by atoms with E-state index in [0.29, 0.717) is 5.69 Å². The van der Waals surface area contributed by atoms with Crippen molar-refractivity contribution < 1.29 is 22.7 Å². The lowest BCUT2D eigenvalue weighted by atomic mass is 10.2. The first kappa shape index (κ1) is 25.1. The maximum Gasteiger partial charge on any atom is 0.272 e. The van der Waals surface area contributed by atoms with Gasteiger partial charge in [0.25, 0.3) is 12.3 Å². The Bertz CT molecular complexity index is 1390. The highest BCUT2D eigenvalue weighted by molar-refractivity contribution is 9.10. The Balaban J connectivity index is 1.74. The summed E-state index contributed by atoms with van der Waals surface area (Å²) in [6, 6.07) is 10.3. The van der Waals surface area contributed by atoms with E-state index in [2.05, 4.69) is 36.5 Å². The summed E-state index contributed by atoms with van der Waals surface area (Å²) in [5.74, 6) is -1.33. The molecule has 4 rings (SSSR count). The second-order valence-corrected chi connectivity index (χ2v) is 8.94. The van der Waals surface area contributed by atoms with Crippen molar-refractivity contribution >= 4 is 73.5 Å². The van der Waals surface area contributed by atoms with Gasteiger partial charge in [-0.05, 0) is 42.5 Å². The predicted octanol–water partition coefficient (Wildman–Crippen LogP) is 6.82. The number of hydrogen-bond acceptors (Lipinski definition) is 5. The minimum Gasteiger partial charge on any atom is -0.471 e. The van der Waals surface area contributed by atoms with Gasteiger partial charge in [-0.3, -0.25) is 9.36 Å². The third kappa shape index (κ3) is 5.63. The van der Waals surface area contributed by atoms with Crippen LogP contribution in [0, 0.1) is 5.82 Å². The van der Waals surface area contributed by atoms with Gasteiger partial charge >= 0.3 is 0 Å². The molecule has 1 amide bonds. The fourth-order valence-electron chi connectivity index (χ4n) is 3.13. The number of benzene rings is 2. The van der Waals surface area contributed by atoms with Crippen LogP contribution in [0.2, 0.25) is 10.0 Å². The van der Waals surface area contributed by atoms with Gasteiger partial charge in [0.1, 0.15) is 16.9 Å². The van der Waals surface area contributed by atoms with Crippen molar-refractivity contribution in [3.8, 4) is 5.88 Å². The number of halogens is 6. The van der Waals surface area contributed by atoms with Gasteiger partial charge in [-0.25, -0.2) is 18.2 Å². The van der Waals surface area contributed by atoms with Gasteiger partial charge in [0.15, 0.2) is 12.3 Å². The second-order valence-electron chi connectivity index (χ2n) is 7.21. The summed E-state index contributed by atoms with van der Waals surface area (Å²) in [5, 5.41) is 5.61. The Morgan fingerprint density at radius 1 is 1.14 bits per heavy atom. The third-order valence-corrected chi connectivity index (χ3v) is 5.87. The number of alkyl halides is 2. The predicted molar refractivity (Wildman–Crippen MR) is 132 cm³/mol. The summed E-state index contributed by atoms with van der Waals surface area (Å²) >= 11 is 15.5. The minimum absolute atomic E-state index is 0.0190. The van der Waals surface area contributed by atoms with Crippen LogP contribution in [0.3, 0.4) is 0 Å². The van der Waals surface area contributed by atoms with Crippen molar-refractivity contribution in [2.24, 2.45) is 7.05 Å². The van der Waals surface area contributed by atoms with E-state index in [1.807, 2.05) is 0 Å². The van der Waals surface area contributed by atoms with Crippen LogP contribution in [0.1, 0.15) is 10.4 Å². The highest BCUT2D eigenvalue weighted by atomic mass is 79.9. The lowest BCUT2D eigenvalue weighted by Crippen LogP contribution is -2.17. The first-order valence-corrected chi connectivity index (χ1v) is 11.4. The van der Waals surface area contributed by atoms with Crippen LogP contribution in [0.4, 0.5) is 30.5 Å². The van der Waals surface area contributed by atoms with E-state index in [4.69, 9.17) is 27.9 Å². The Labute approximate surface area is 215 Å². The van der Waals surface area contributed by atoms with Crippen LogP contribution in [0.25, 0.3) is 11.2 Å². The fraction of sp³-hybridized carbons (Fsp3) is 0.136. The largest absolute Gasteiger partial charge is 0.471 e. The van der Waals surface area contributed by atoms with Gasteiger partial charge in [-0.15, -0.1) is 0 Å². The first-order valence-electron chi connectivity index (χ1n) is 9.89. The Kier molecular flexibility index (Phi) is 7.39. The third-order valence-electron chi connectivity index (χ3n) is 4.75. The minimum atomic E-state index is -2.78. The Morgan fingerprint density at radius 3 is 2.43 bits per heavy atom. The highest BCUT2D eigenvalue weighted by Gasteiger charge is 2.22. The van der Waals surface area contributed by atoms with Crippen molar-refractivity contribution in [2.45, 2.75) is 6.43 Å². The SMILES string of the molecule is Cn1c(Nc2c(Cl)cc(F)cc2Cl)nc2cc(C(=O)Nc3ccc(Br)cc3)c(OCC(F)F)nc21. The molecule has 0 radical (unpaired) electrons. The Hall–Kier alpha value is -3.02. The van der Waals surface area contributed by atoms with E-state index in [1.54, 1.807) is 31.3 Å². The maximum absolute atomic E-state index is 13.5. The normalized spacial score (nSPS) is 11.2. The number of aromatic nitrogens is 3. The molecule has 13 heteroatoms. The summed E-state index contributed by atoms with van der Waals surface area (Å²) in [6.45, 7) is -0.958. The molecule has 0 saturated carbocycles. The second kappa shape index (κ2) is 10.3. The van der Waals surface area contributed by atoms with Crippen molar-refractivity contribution in [2.75, 3.05) is 17.2 Å². The average Bonchev–Trinajstić information content (AvgIpc) is 3.10. The van der Waals surface area contributed by atoms with Gasteiger partial charge < -0.3 is 15.4 Å². The molecule has 2 N–H and O–H groups in total. The smallest absolute Gasteiger partial charge is 0.272 e. The zero-order valence-corrected chi connectivity index (χ0v) is 20.8. The summed E-state index contributed by atoms with van der Waals surface area (Å²) in [7, 11) is 1.59. The highest BCUT2D eigenvalue weighted by Crippen LogP contribution is 2.34. The quantitative estimate of drug-likeness (QED) is 0.248. The maximum atomic E-state index is 13.5. The molecular weight excluding hydrogens is 574 g/mol. The van der Waals surface area contributed by atoms with Crippen LogP contribution >= 0.6 is 39.1 Å². The molecule has 0 unspecified atom stereocenters. The molecule has 2 aromatic carbocycles. The van der Waals surface area contributed by atoms with Gasteiger partial charge in [-0.1, -0.05) is 39.1 Å². The van der Waals surface area contributed by atoms with Crippen molar-refractivity contribution in [3.63, 3.8) is 0 Å². The van der Waals surface area contributed by atoms with Crippen LogP contribution in [-0.4, -0.2) is 33.5 Å². The number of rotatable bonds is 7. The number of pyridine rings is 1. The summed E-state index contributed by atoms with van der Waals surface area (Å²) in [5.41, 5.74) is 1.07. The number of ether oxygens (including phenoxy) is 1. The van der Waals surface area contributed by atoms with Crippen LogP contribution in [0.5, 0.6) is 5.88 Å². The summed E-state index contributed by atoms with van der Waals surface area (Å²) in [4.78, 5) is 21.6. The standard InChI is InChI=1S/C22H15BrCl2F3N5O2/c1-33-19-16(30-22(33)31-18-14(24)6-11(26)7-15(18)25)8-13(21(32-19)35-9-17(27)28)20(34)29-12-4-2-10(23)3-5-12/h2-8,17H,9H2,1H3,(H,29,34)(H,30,31). The van der Waals surface area contributed by atoms with Crippen molar-refractivity contribution in [3.05, 3.63) is 68.4 Å². The van der Waals surface area contributed by atoms with Crippen molar-refractivity contribution in [1.82, 2.24) is 14.5 Å². The molecule has 4 aromatic rings. The fourth-order valence-corrected chi connectivity index (χ4v) is 3.95. The number of nitrogens with one attached hydrogen (secondary N) is 2. The number of aryl methyl sites for hydroxylation is 1. The van der Waals surface area contributed by atoms with Gasteiger partial charge in [-0.2, -0.15) is 4.98 Å². The molecular formula is C22H15BrCl2F3N5O2. The topological polar surface area (TPSA) is 81.1 Å². The van der Waals surface area contributed by atoms with E-state index in [1.165, 1.54) is 10.6 Å². The Morgan fingerprint density at radius 2 is 1.80 bits per heavy atom. The van der Waals surface area contributed by atoms with Gasteiger partial charge in [0, 0.05) is 17.2 Å². The number of carbonyl (C=O) groups is 1. The molecule has 35 heavy (non-hydrogen) atoms. The molecule has 0 saturated heterocycles. The average molecular weight is 589 g/mol. The number of amides is 1. The van der Waals surface area contributed by atoms with E-state index >= 15 is 0 Å². The summed E-state index contributed by atoms with van der Waals surface area (Å²) in [6.07, 6.45) is -2.78. The number of nitrogens with zero attached hydrogens (tertiary/aromatic N) is 3. The molecule has 7 nitrogen and oxygen atoms in total. The van der Waals surface area contributed by atoms with E-state index in [9.17, 15) is 18.0 Å². The zero-order valence-electron chi connectivity index (χ0n) is 17.8. The van der Waals surface area contributed by atoms with Gasteiger partial charge in [0.2, 0.25) is 11.8 Å². The molecule has 0 aliphatic carbocycles. The molecule has 182 valence electrons. The monoisotopic (exact) mass is 587 g/mol. The van der Waals surface area contributed by atoms with Crippen LogP contribution in [-0.2, 0) is 7.05 Å². The van der Waals surface area contributed by atoms with Gasteiger partial charge in [0.05, 0.1) is 15.7 Å². The lowest BCUT2D eigenvalue weighted by Gasteiger charge is -2.12. The molecule has 0 aliphatic rings. The molecule has 0 fully saturated rings. The molecule has 2 heterocycles. The molecule has 0 aliphatic heterocycles. The van der Waals surface area contributed by atoms with Crippen LogP contribution in [0.15, 0.2) is 46.9 Å². The molecule has 2 aromatic heterocycles. The number of imidazole rings is 1. The van der Waals surface area contributed by atoms with E-state index in [0.717, 1.165) is 16.6 Å². The number of hydrogen-bond donors (Lipinski definition) is 2. The zero-order chi connectivity index (χ0) is 25.3.